The first-order valence-corrected chi connectivity index (χ1v) is 7.47. The van der Waals surface area contributed by atoms with Crippen molar-refractivity contribution in [1.29, 1.82) is 0 Å². The molecule has 2 amide bonds. The molecule has 2 aliphatic heterocycles. The molecule has 0 saturated carbocycles. The fourth-order valence-electron chi connectivity index (χ4n) is 2.93. The average molecular weight is 324 g/mol. The Morgan fingerprint density at radius 1 is 1.00 bits per heavy atom. The molecule has 0 N–H and O–H groups in total. The first-order valence-electron chi connectivity index (χ1n) is 7.47. The van der Waals surface area contributed by atoms with E-state index in [1.165, 1.54) is 11.1 Å². The zero-order valence-corrected chi connectivity index (χ0v) is 12.8. The van der Waals surface area contributed by atoms with Crippen LogP contribution >= 0.6 is 0 Å². The van der Waals surface area contributed by atoms with Crippen LogP contribution in [0.4, 0.5) is 15.8 Å². The summed E-state index contributed by atoms with van der Waals surface area (Å²) in [6, 6.07) is 11.4. The van der Waals surface area contributed by atoms with Gasteiger partial charge in [0.25, 0.3) is 11.8 Å². The van der Waals surface area contributed by atoms with E-state index in [1.807, 2.05) is 0 Å². The second-order valence-electron chi connectivity index (χ2n) is 5.72. The predicted molar refractivity (Wildman–Crippen MR) is 85.0 cm³/mol. The maximum absolute atomic E-state index is 13.8. The first-order chi connectivity index (χ1) is 11.6. The van der Waals surface area contributed by atoms with Crippen molar-refractivity contribution in [2.24, 2.45) is 10.3 Å². The first kappa shape index (κ1) is 14.5. The predicted octanol–water partition coefficient (Wildman–Crippen LogP) is 2.63. The van der Waals surface area contributed by atoms with Gasteiger partial charge in [-0.3, -0.25) is 9.59 Å². The lowest BCUT2D eigenvalue weighted by molar-refractivity contribution is -0.121. The summed E-state index contributed by atoms with van der Waals surface area (Å²) in [4.78, 5) is 26.4. The molecule has 24 heavy (non-hydrogen) atoms. The summed E-state index contributed by atoms with van der Waals surface area (Å²) in [6.07, 6.45) is 0. The van der Waals surface area contributed by atoms with Crippen LogP contribution in [0.15, 0.2) is 58.9 Å². The minimum absolute atomic E-state index is 0.394. The highest BCUT2D eigenvalue weighted by Crippen LogP contribution is 2.35. The number of anilines is 2. The molecule has 0 aliphatic carbocycles. The SMILES string of the molecule is Cc1ccc(N2N=N[C@@H]3C(=O)N(c4ccccc4)C(=O)[C@H]32)cc1F. The van der Waals surface area contributed by atoms with Gasteiger partial charge in [-0.15, -0.1) is 0 Å². The van der Waals surface area contributed by atoms with Gasteiger partial charge in [0, 0.05) is 0 Å². The van der Waals surface area contributed by atoms with Crippen molar-refractivity contribution in [3.63, 3.8) is 0 Å². The summed E-state index contributed by atoms with van der Waals surface area (Å²) in [6.45, 7) is 1.65. The van der Waals surface area contributed by atoms with Crippen LogP contribution in [0.25, 0.3) is 0 Å². The monoisotopic (exact) mass is 324 g/mol. The van der Waals surface area contributed by atoms with Crippen LogP contribution in [-0.4, -0.2) is 23.9 Å². The number of imide groups is 1. The third-order valence-corrected chi connectivity index (χ3v) is 4.22. The second kappa shape index (κ2) is 5.23. The van der Waals surface area contributed by atoms with Gasteiger partial charge in [0.05, 0.1) is 11.4 Å². The Morgan fingerprint density at radius 2 is 1.75 bits per heavy atom. The summed E-state index contributed by atoms with van der Waals surface area (Å²) in [5.41, 5.74) is 1.38. The molecule has 7 heteroatoms. The largest absolute Gasteiger partial charge is 0.271 e. The molecule has 6 nitrogen and oxygen atoms in total. The summed E-state index contributed by atoms with van der Waals surface area (Å²) >= 11 is 0. The van der Waals surface area contributed by atoms with Crippen LogP contribution in [0.5, 0.6) is 0 Å². The normalized spacial score (nSPS) is 22.4. The topological polar surface area (TPSA) is 65.3 Å². The van der Waals surface area contributed by atoms with Crippen LogP contribution < -0.4 is 9.91 Å². The Labute approximate surface area is 137 Å². The van der Waals surface area contributed by atoms with Crippen molar-refractivity contribution in [3.8, 4) is 0 Å². The molecule has 1 saturated heterocycles. The highest BCUT2D eigenvalue weighted by atomic mass is 19.1. The number of benzene rings is 2. The van der Waals surface area contributed by atoms with E-state index in [0.29, 0.717) is 16.9 Å². The number of halogens is 1. The van der Waals surface area contributed by atoms with Crippen LogP contribution in [0.3, 0.4) is 0 Å². The maximum Gasteiger partial charge on any atom is 0.263 e. The number of fused-ring (bicyclic) bond motifs is 1. The third kappa shape index (κ3) is 2.01. The van der Waals surface area contributed by atoms with Gasteiger partial charge in [-0.25, -0.2) is 14.3 Å². The summed E-state index contributed by atoms with van der Waals surface area (Å²) in [7, 11) is 0. The fraction of sp³-hybridized carbons (Fsp3) is 0.176. The van der Waals surface area contributed by atoms with E-state index in [2.05, 4.69) is 10.3 Å². The van der Waals surface area contributed by atoms with Gasteiger partial charge in [0.15, 0.2) is 12.1 Å². The molecule has 2 aliphatic rings. The van der Waals surface area contributed by atoms with Gasteiger partial charge < -0.3 is 0 Å². The Balaban J connectivity index is 1.71. The molecule has 0 radical (unpaired) electrons. The molecule has 4 rings (SSSR count). The Morgan fingerprint density at radius 3 is 2.46 bits per heavy atom. The van der Waals surface area contributed by atoms with E-state index in [4.69, 9.17) is 0 Å². The Hall–Kier alpha value is -3.09. The van der Waals surface area contributed by atoms with E-state index >= 15 is 0 Å². The molecular formula is C17H13FN4O2. The van der Waals surface area contributed by atoms with E-state index in [-0.39, 0.29) is 0 Å². The minimum Gasteiger partial charge on any atom is -0.271 e. The van der Waals surface area contributed by atoms with Crippen molar-refractivity contribution in [2.75, 3.05) is 9.91 Å². The van der Waals surface area contributed by atoms with Crippen LogP contribution in [0, 0.1) is 12.7 Å². The number of hydrogen-bond acceptors (Lipinski definition) is 5. The summed E-state index contributed by atoms with van der Waals surface area (Å²) in [5.74, 6) is -1.24. The fourth-order valence-corrected chi connectivity index (χ4v) is 2.93. The standard InChI is InChI=1S/C17H13FN4O2/c1-10-7-8-12(9-13(10)18)22-15-14(19-20-22)16(23)21(17(15)24)11-5-3-2-4-6-11/h2-9,14-15H,1H3/t14-,15-/m0/s1. The van der Waals surface area contributed by atoms with Gasteiger partial charge in [0.1, 0.15) is 5.82 Å². The molecule has 0 bridgehead atoms. The quantitative estimate of drug-likeness (QED) is 0.798. The van der Waals surface area contributed by atoms with Crippen molar-refractivity contribution in [1.82, 2.24) is 0 Å². The highest BCUT2D eigenvalue weighted by molar-refractivity contribution is 6.26. The second-order valence-corrected chi connectivity index (χ2v) is 5.72. The van der Waals surface area contributed by atoms with Gasteiger partial charge in [-0.05, 0) is 36.8 Å². The average Bonchev–Trinajstić information content (AvgIpc) is 3.12. The zero-order chi connectivity index (χ0) is 16.8. The van der Waals surface area contributed by atoms with Gasteiger partial charge >= 0.3 is 0 Å². The van der Waals surface area contributed by atoms with E-state index in [0.717, 1.165) is 4.90 Å². The van der Waals surface area contributed by atoms with E-state index < -0.39 is 29.7 Å². The molecule has 120 valence electrons. The molecule has 2 aromatic carbocycles. The van der Waals surface area contributed by atoms with Crippen LogP contribution in [0.2, 0.25) is 0 Å². The Bertz CT molecular complexity index is 868. The van der Waals surface area contributed by atoms with Gasteiger partial charge in [-0.2, -0.15) is 5.11 Å². The van der Waals surface area contributed by atoms with E-state index in [9.17, 15) is 14.0 Å². The number of para-hydroxylation sites is 1. The van der Waals surface area contributed by atoms with Gasteiger partial charge in [-0.1, -0.05) is 29.5 Å². The lowest BCUT2D eigenvalue weighted by Gasteiger charge is -2.20. The highest BCUT2D eigenvalue weighted by Gasteiger charge is 2.55. The number of carbonyl (C=O) groups excluding carboxylic acids is 2. The number of amides is 2. The van der Waals surface area contributed by atoms with Crippen LogP contribution in [-0.2, 0) is 9.59 Å². The molecule has 1 fully saturated rings. The molecule has 0 unspecified atom stereocenters. The number of aryl methyl sites for hydroxylation is 1. The van der Waals surface area contributed by atoms with Crippen molar-refractivity contribution in [3.05, 3.63) is 59.9 Å². The smallest absolute Gasteiger partial charge is 0.263 e. The molecule has 0 spiro atoms. The van der Waals surface area contributed by atoms with Crippen molar-refractivity contribution < 1.29 is 14.0 Å². The van der Waals surface area contributed by atoms with E-state index in [1.54, 1.807) is 49.4 Å². The lowest BCUT2D eigenvalue weighted by atomic mass is 10.1. The minimum atomic E-state index is -0.901. The zero-order valence-electron chi connectivity index (χ0n) is 12.8. The van der Waals surface area contributed by atoms with Crippen molar-refractivity contribution >= 4 is 23.2 Å². The molecule has 2 atom stereocenters. The Kier molecular flexibility index (Phi) is 3.16. The molecule has 0 aromatic heterocycles. The molecular weight excluding hydrogens is 311 g/mol. The number of nitrogens with zero attached hydrogens (tertiary/aromatic N) is 4. The number of carbonyl (C=O) groups is 2. The summed E-state index contributed by atoms with van der Waals surface area (Å²) < 4.78 is 13.8. The van der Waals surface area contributed by atoms with Crippen LogP contribution in [0.1, 0.15) is 5.56 Å². The summed E-state index contributed by atoms with van der Waals surface area (Å²) in [5, 5.41) is 9.16. The number of hydrogen-bond donors (Lipinski definition) is 0. The molecule has 2 heterocycles. The third-order valence-electron chi connectivity index (χ3n) is 4.22. The lowest BCUT2D eigenvalue weighted by Crippen LogP contribution is -2.40. The maximum atomic E-state index is 13.8. The molecule has 2 aromatic rings. The van der Waals surface area contributed by atoms with Crippen molar-refractivity contribution in [2.45, 2.75) is 19.0 Å². The number of rotatable bonds is 2. The van der Waals surface area contributed by atoms with Gasteiger partial charge in [0.2, 0.25) is 0 Å².